The largest absolute Gasteiger partial charge is 0.337 e. The maximum absolute atomic E-state index is 13.5. The summed E-state index contributed by atoms with van der Waals surface area (Å²) in [5.74, 6) is 0.580. The van der Waals surface area contributed by atoms with Crippen molar-refractivity contribution in [1.82, 2.24) is 24.0 Å². The van der Waals surface area contributed by atoms with Crippen LogP contribution in [0.3, 0.4) is 0 Å². The first-order valence-corrected chi connectivity index (χ1v) is 12.1. The maximum Gasteiger partial charge on any atom is 0.272 e. The zero-order chi connectivity index (χ0) is 23.1. The Kier molecular flexibility index (Phi) is 5.41. The van der Waals surface area contributed by atoms with Gasteiger partial charge in [-0.2, -0.15) is 5.10 Å². The van der Waals surface area contributed by atoms with Gasteiger partial charge in [0.05, 0.1) is 6.20 Å². The minimum atomic E-state index is -0.254. The third kappa shape index (κ3) is 3.80. The first-order chi connectivity index (χ1) is 16.7. The molecule has 5 heterocycles. The van der Waals surface area contributed by atoms with Gasteiger partial charge in [-0.15, -0.1) is 0 Å². The summed E-state index contributed by atoms with van der Waals surface area (Å²) < 4.78 is 17.1. The highest BCUT2D eigenvalue weighted by atomic mass is 19.1. The number of benzene rings is 1. The number of likely N-dealkylation sites (tertiary alicyclic amines) is 2. The number of hydrogen-bond acceptors (Lipinski definition) is 3. The number of halogens is 1. The second-order valence-corrected chi connectivity index (χ2v) is 9.31. The van der Waals surface area contributed by atoms with Gasteiger partial charge in [-0.25, -0.2) is 9.07 Å². The van der Waals surface area contributed by atoms with Crippen LogP contribution in [0.15, 0.2) is 67.0 Å². The average Bonchev–Trinajstić information content (AvgIpc) is 3.64. The van der Waals surface area contributed by atoms with E-state index in [2.05, 4.69) is 10.00 Å². The lowest BCUT2D eigenvalue weighted by molar-refractivity contribution is 0.0635. The van der Waals surface area contributed by atoms with E-state index in [9.17, 15) is 9.18 Å². The molecule has 0 unspecified atom stereocenters. The molecular formula is C27H28FN5O. The molecule has 1 amide bonds. The van der Waals surface area contributed by atoms with Gasteiger partial charge in [0.1, 0.15) is 17.3 Å². The van der Waals surface area contributed by atoms with Crippen molar-refractivity contribution in [2.75, 3.05) is 26.2 Å². The second-order valence-electron chi connectivity index (χ2n) is 9.31. The number of fused-ring (bicyclic) bond motifs is 1. The highest BCUT2D eigenvalue weighted by Crippen LogP contribution is 2.25. The SMILES string of the molecule is O=C(c1ccnn1-c1ccc2ccc(-c3ccc(F)cc3)cn12)N1CCC(N2CCCC2)CC1. The zero-order valence-corrected chi connectivity index (χ0v) is 19.1. The number of carbonyl (C=O) groups is 1. The van der Waals surface area contributed by atoms with Crippen molar-refractivity contribution in [3.63, 3.8) is 0 Å². The molecule has 2 saturated heterocycles. The van der Waals surface area contributed by atoms with E-state index >= 15 is 0 Å². The third-order valence-electron chi connectivity index (χ3n) is 7.30. The maximum atomic E-state index is 13.5. The molecule has 0 saturated carbocycles. The molecule has 6 rings (SSSR count). The first kappa shape index (κ1) is 21.1. The van der Waals surface area contributed by atoms with Crippen LogP contribution in [0.1, 0.15) is 36.2 Å². The fraction of sp³-hybridized carbons (Fsp3) is 0.333. The smallest absolute Gasteiger partial charge is 0.272 e. The zero-order valence-electron chi connectivity index (χ0n) is 19.1. The van der Waals surface area contributed by atoms with Gasteiger partial charge in [-0.05, 0) is 86.3 Å². The highest BCUT2D eigenvalue weighted by Gasteiger charge is 2.30. The summed E-state index contributed by atoms with van der Waals surface area (Å²) in [7, 11) is 0. The summed E-state index contributed by atoms with van der Waals surface area (Å²) in [4.78, 5) is 18.0. The van der Waals surface area contributed by atoms with E-state index in [1.807, 2.05) is 39.8 Å². The summed E-state index contributed by atoms with van der Waals surface area (Å²) in [6.45, 7) is 3.97. The van der Waals surface area contributed by atoms with E-state index in [4.69, 9.17) is 0 Å². The van der Waals surface area contributed by atoms with Gasteiger partial charge in [0, 0.05) is 30.8 Å². The Morgan fingerprint density at radius 1 is 0.853 bits per heavy atom. The summed E-state index contributed by atoms with van der Waals surface area (Å²) >= 11 is 0. The fourth-order valence-electron chi connectivity index (χ4n) is 5.42. The predicted octanol–water partition coefficient (Wildman–Crippen LogP) is 4.63. The summed E-state index contributed by atoms with van der Waals surface area (Å²) in [5, 5.41) is 4.51. The van der Waals surface area contributed by atoms with Crippen molar-refractivity contribution in [3.8, 4) is 16.9 Å². The van der Waals surface area contributed by atoms with Gasteiger partial charge >= 0.3 is 0 Å². The number of piperidine rings is 1. The second kappa shape index (κ2) is 8.72. The van der Waals surface area contributed by atoms with E-state index in [1.54, 1.807) is 29.1 Å². The van der Waals surface area contributed by atoms with Gasteiger partial charge < -0.3 is 14.2 Å². The average molecular weight is 458 g/mol. The number of rotatable bonds is 4. The molecule has 7 heteroatoms. The van der Waals surface area contributed by atoms with Crippen LogP contribution in [0.25, 0.3) is 22.5 Å². The van der Waals surface area contributed by atoms with Gasteiger partial charge in [0.25, 0.3) is 5.91 Å². The first-order valence-electron chi connectivity index (χ1n) is 12.1. The van der Waals surface area contributed by atoms with E-state index in [0.29, 0.717) is 11.7 Å². The van der Waals surface area contributed by atoms with Crippen LogP contribution in [0, 0.1) is 5.82 Å². The van der Waals surface area contributed by atoms with Crippen molar-refractivity contribution >= 4 is 11.4 Å². The summed E-state index contributed by atoms with van der Waals surface area (Å²) in [6, 6.07) is 16.9. The number of nitrogens with zero attached hydrogens (tertiary/aromatic N) is 5. The summed E-state index contributed by atoms with van der Waals surface area (Å²) in [6.07, 6.45) is 8.37. The van der Waals surface area contributed by atoms with Crippen LogP contribution in [-0.2, 0) is 0 Å². The minimum Gasteiger partial charge on any atom is -0.337 e. The number of carbonyl (C=O) groups excluding carboxylic acids is 1. The highest BCUT2D eigenvalue weighted by molar-refractivity contribution is 5.93. The number of amides is 1. The van der Waals surface area contributed by atoms with Crippen LogP contribution in [0.5, 0.6) is 0 Å². The lowest BCUT2D eigenvalue weighted by atomic mass is 10.0. The molecule has 174 valence electrons. The van der Waals surface area contributed by atoms with E-state index in [1.165, 1.54) is 38.1 Å². The quantitative estimate of drug-likeness (QED) is 0.449. The van der Waals surface area contributed by atoms with Crippen molar-refractivity contribution in [2.24, 2.45) is 0 Å². The molecule has 4 aromatic rings. The third-order valence-corrected chi connectivity index (χ3v) is 7.30. The molecule has 2 fully saturated rings. The van der Waals surface area contributed by atoms with E-state index in [0.717, 1.165) is 48.4 Å². The van der Waals surface area contributed by atoms with E-state index in [-0.39, 0.29) is 11.7 Å². The van der Waals surface area contributed by atoms with Crippen LogP contribution >= 0.6 is 0 Å². The molecule has 0 N–H and O–H groups in total. The molecule has 0 aliphatic carbocycles. The van der Waals surface area contributed by atoms with Crippen LogP contribution < -0.4 is 0 Å². The summed E-state index contributed by atoms with van der Waals surface area (Å²) in [5.41, 5.74) is 3.47. The molecular weight excluding hydrogens is 429 g/mol. The van der Waals surface area contributed by atoms with Gasteiger partial charge in [-0.1, -0.05) is 18.2 Å². The molecule has 34 heavy (non-hydrogen) atoms. The van der Waals surface area contributed by atoms with Crippen molar-refractivity contribution in [3.05, 3.63) is 78.5 Å². The van der Waals surface area contributed by atoms with Crippen molar-refractivity contribution < 1.29 is 9.18 Å². The molecule has 2 aliphatic heterocycles. The molecule has 0 spiro atoms. The fourth-order valence-corrected chi connectivity index (χ4v) is 5.42. The van der Waals surface area contributed by atoms with Crippen LogP contribution in [-0.4, -0.2) is 62.1 Å². The molecule has 0 radical (unpaired) electrons. The predicted molar refractivity (Wildman–Crippen MR) is 130 cm³/mol. The number of hydrogen-bond donors (Lipinski definition) is 0. The Balaban J connectivity index is 1.27. The molecule has 6 nitrogen and oxygen atoms in total. The number of pyridine rings is 1. The van der Waals surface area contributed by atoms with Crippen molar-refractivity contribution in [2.45, 2.75) is 31.7 Å². The molecule has 0 atom stereocenters. The molecule has 0 bridgehead atoms. The monoisotopic (exact) mass is 457 g/mol. The van der Waals surface area contributed by atoms with E-state index < -0.39 is 0 Å². The lowest BCUT2D eigenvalue weighted by Crippen LogP contribution is -2.46. The topological polar surface area (TPSA) is 45.8 Å². The number of aromatic nitrogens is 3. The Hall–Kier alpha value is -3.45. The molecule has 3 aromatic heterocycles. The van der Waals surface area contributed by atoms with Gasteiger partial charge in [-0.3, -0.25) is 4.79 Å². The standard InChI is InChI=1S/C27H28FN5O/c28-22-6-3-20(4-7-22)21-5-8-24-9-10-26(32(24)19-21)33-25(11-14-29-33)27(34)31-17-12-23(13-18-31)30-15-1-2-16-30/h3-11,14,19,23H,1-2,12-13,15-18H2. The Labute approximate surface area is 198 Å². The Bertz CT molecular complexity index is 1310. The molecule has 2 aliphatic rings. The molecule has 1 aromatic carbocycles. The Morgan fingerprint density at radius 2 is 1.56 bits per heavy atom. The van der Waals surface area contributed by atoms with Crippen LogP contribution in [0.2, 0.25) is 0 Å². The van der Waals surface area contributed by atoms with Gasteiger partial charge in [0.2, 0.25) is 0 Å². The lowest BCUT2D eigenvalue weighted by Gasteiger charge is -2.36. The van der Waals surface area contributed by atoms with Crippen LogP contribution in [0.4, 0.5) is 4.39 Å². The minimum absolute atomic E-state index is 0.0296. The Morgan fingerprint density at radius 3 is 2.32 bits per heavy atom. The van der Waals surface area contributed by atoms with Gasteiger partial charge in [0.15, 0.2) is 0 Å². The normalized spacial score (nSPS) is 17.6. The van der Waals surface area contributed by atoms with Crippen molar-refractivity contribution in [1.29, 1.82) is 0 Å².